The van der Waals surface area contributed by atoms with Crippen molar-refractivity contribution in [2.45, 2.75) is 122 Å². The van der Waals surface area contributed by atoms with Crippen LogP contribution in [0.1, 0.15) is 79.7 Å². The molecule has 0 aromatic heterocycles. The smallest absolute Gasteiger partial charge is 0.326 e. The van der Waals surface area contributed by atoms with Gasteiger partial charge in [0.15, 0.2) is 0 Å². The Kier molecular flexibility index (Phi) is 17.0. The number of carboxylic acids is 1. The van der Waals surface area contributed by atoms with Crippen LogP contribution in [0.2, 0.25) is 0 Å². The van der Waals surface area contributed by atoms with Crippen LogP contribution < -0.4 is 16.0 Å². The third kappa shape index (κ3) is 11.5. The zero-order valence-electron chi connectivity index (χ0n) is 32.5. The van der Waals surface area contributed by atoms with Crippen molar-refractivity contribution in [2.24, 2.45) is 17.8 Å². The van der Waals surface area contributed by atoms with Gasteiger partial charge in [0.2, 0.25) is 23.6 Å². The van der Waals surface area contributed by atoms with Crippen LogP contribution >= 0.6 is 0 Å². The molecule has 0 spiro atoms. The van der Waals surface area contributed by atoms with Crippen LogP contribution in [0.3, 0.4) is 0 Å². The number of ether oxygens (including phenoxy) is 2. The number of rotatable bonds is 20. The second kappa shape index (κ2) is 19.9. The zero-order valence-corrected chi connectivity index (χ0v) is 32.5. The van der Waals surface area contributed by atoms with E-state index in [2.05, 4.69) is 16.0 Å². The van der Waals surface area contributed by atoms with E-state index >= 15 is 0 Å². The number of methoxy groups -OCH3 is 2. The lowest BCUT2D eigenvalue weighted by Gasteiger charge is -2.41. The molecule has 1 heterocycles. The first kappa shape index (κ1) is 43.6. The lowest BCUT2D eigenvalue weighted by Crippen LogP contribution is -2.61. The monoisotopic (exact) mass is 717 g/mol. The van der Waals surface area contributed by atoms with Crippen molar-refractivity contribution in [3.05, 3.63) is 35.9 Å². The van der Waals surface area contributed by atoms with E-state index < -0.39 is 59.7 Å². The van der Waals surface area contributed by atoms with Gasteiger partial charge in [0.25, 0.3) is 0 Å². The second-order valence-corrected chi connectivity index (χ2v) is 14.7. The van der Waals surface area contributed by atoms with Crippen LogP contribution in [0.25, 0.3) is 0 Å². The lowest BCUT2D eigenvalue weighted by atomic mass is 9.89. The second-order valence-electron chi connectivity index (χ2n) is 14.7. The quantitative estimate of drug-likeness (QED) is 0.159. The number of hydrogen-bond donors (Lipinski definition) is 4. The van der Waals surface area contributed by atoms with Crippen molar-refractivity contribution in [3.63, 3.8) is 0 Å². The Morgan fingerprint density at radius 1 is 1.02 bits per heavy atom. The minimum atomic E-state index is -1.14. The topological polar surface area (TPSA) is 167 Å². The maximum absolute atomic E-state index is 14.1. The fourth-order valence-electron chi connectivity index (χ4n) is 6.83. The Hall–Kier alpha value is -3.55. The highest BCUT2D eigenvalue weighted by molar-refractivity contribution is 5.92. The average Bonchev–Trinajstić information content (AvgIpc) is 3.59. The average molecular weight is 718 g/mol. The van der Waals surface area contributed by atoms with E-state index in [1.807, 2.05) is 58.0 Å². The van der Waals surface area contributed by atoms with Crippen LogP contribution in [0.15, 0.2) is 30.3 Å². The van der Waals surface area contributed by atoms with Gasteiger partial charge in [-0.3, -0.25) is 19.2 Å². The van der Waals surface area contributed by atoms with Gasteiger partial charge in [0.05, 0.1) is 42.2 Å². The summed E-state index contributed by atoms with van der Waals surface area (Å²) < 4.78 is 11.8. The van der Waals surface area contributed by atoms with Gasteiger partial charge in [-0.05, 0) is 51.1 Å². The van der Waals surface area contributed by atoms with E-state index in [4.69, 9.17) is 9.47 Å². The Morgan fingerprint density at radius 2 is 1.65 bits per heavy atom. The highest BCUT2D eigenvalue weighted by atomic mass is 16.5. The van der Waals surface area contributed by atoms with Crippen LogP contribution in [0.4, 0.5) is 0 Å². The molecule has 2 rings (SSSR count). The van der Waals surface area contributed by atoms with Gasteiger partial charge in [0.1, 0.15) is 12.1 Å². The van der Waals surface area contributed by atoms with E-state index in [-0.39, 0.29) is 42.4 Å². The number of carbonyl (C=O) groups excluding carboxylic acids is 4. The lowest BCUT2D eigenvalue weighted by molar-refractivity contribution is -0.148. The van der Waals surface area contributed by atoms with Crippen LogP contribution in [0.5, 0.6) is 0 Å². The van der Waals surface area contributed by atoms with Crippen molar-refractivity contribution in [1.82, 2.24) is 25.8 Å². The molecule has 0 saturated carbocycles. The summed E-state index contributed by atoms with van der Waals surface area (Å²) in [5.74, 6) is -3.36. The number of benzene rings is 1. The summed E-state index contributed by atoms with van der Waals surface area (Å²) >= 11 is 0. The molecule has 1 aromatic rings. The Labute approximate surface area is 304 Å². The number of carboxylic acid groups (broad SMARTS) is 1. The van der Waals surface area contributed by atoms with Crippen molar-refractivity contribution < 1.29 is 38.6 Å². The molecule has 0 radical (unpaired) electrons. The third-order valence-electron chi connectivity index (χ3n) is 10.6. The van der Waals surface area contributed by atoms with Crippen molar-refractivity contribution in [2.75, 3.05) is 34.9 Å². The van der Waals surface area contributed by atoms with Gasteiger partial charge in [0, 0.05) is 34.2 Å². The van der Waals surface area contributed by atoms with Gasteiger partial charge < -0.3 is 40.3 Å². The van der Waals surface area contributed by atoms with Crippen molar-refractivity contribution in [3.8, 4) is 0 Å². The SMILES string of the molecule is CCC(C)C(C(CC(=O)N1CCCC1C(OC)C(C)C(=O)NC(Cc1ccccc1)C(=O)O)OC)N(C)C(=O)C(NC(=O)C(C)(C)NC)C(C)C. The van der Waals surface area contributed by atoms with E-state index in [1.165, 1.54) is 14.2 Å². The van der Waals surface area contributed by atoms with Crippen molar-refractivity contribution in [1.29, 1.82) is 0 Å². The number of likely N-dealkylation sites (N-methyl/N-ethyl adjacent to an activating group) is 2. The van der Waals surface area contributed by atoms with E-state index in [0.29, 0.717) is 25.8 Å². The first-order chi connectivity index (χ1) is 23.9. The third-order valence-corrected chi connectivity index (χ3v) is 10.6. The van der Waals surface area contributed by atoms with E-state index in [9.17, 15) is 29.1 Å². The standard InChI is InChI=1S/C38H63N5O8/c1-12-24(4)32(42(9)35(46)31(23(2)3)41-37(49)38(6,7)39-8)29(50-10)22-30(44)43-20-16-19-28(43)33(51-11)25(5)34(45)40-27(36(47)48)21-26-17-14-13-15-18-26/h13-15,17-18,23-25,27-29,31-33,39H,12,16,19-22H2,1-11H3,(H,40,45)(H,41,49)(H,47,48). The Morgan fingerprint density at radius 3 is 2.16 bits per heavy atom. The van der Waals surface area contributed by atoms with Gasteiger partial charge in [-0.25, -0.2) is 4.79 Å². The summed E-state index contributed by atoms with van der Waals surface area (Å²) in [5.41, 5.74) is -0.0968. The summed E-state index contributed by atoms with van der Waals surface area (Å²) in [6, 6.07) is 6.27. The van der Waals surface area contributed by atoms with Crippen LogP contribution in [-0.4, -0.2) is 121 Å². The van der Waals surface area contributed by atoms with Gasteiger partial charge >= 0.3 is 5.97 Å². The predicted molar refractivity (Wildman–Crippen MR) is 196 cm³/mol. The first-order valence-corrected chi connectivity index (χ1v) is 18.1. The molecule has 51 heavy (non-hydrogen) atoms. The number of carbonyl (C=O) groups is 5. The number of amides is 4. The molecule has 4 amide bonds. The Balaban J connectivity index is 2.26. The molecular weight excluding hydrogens is 654 g/mol. The molecule has 1 aromatic carbocycles. The molecule has 288 valence electrons. The number of likely N-dealkylation sites (tertiary alicyclic amines) is 1. The summed E-state index contributed by atoms with van der Waals surface area (Å²) in [7, 11) is 6.41. The zero-order chi connectivity index (χ0) is 38.6. The van der Waals surface area contributed by atoms with Gasteiger partial charge in [-0.2, -0.15) is 0 Å². The number of nitrogens with one attached hydrogen (secondary N) is 3. The normalized spacial score (nSPS) is 19.0. The molecule has 13 nitrogen and oxygen atoms in total. The molecule has 1 fully saturated rings. The molecule has 0 bridgehead atoms. The summed E-state index contributed by atoms with van der Waals surface area (Å²) in [6.45, 7) is 13.4. The van der Waals surface area contributed by atoms with Crippen molar-refractivity contribution >= 4 is 29.6 Å². The molecule has 13 heteroatoms. The molecule has 1 saturated heterocycles. The summed E-state index contributed by atoms with van der Waals surface area (Å²) in [4.78, 5) is 70.0. The molecular formula is C38H63N5O8. The highest BCUT2D eigenvalue weighted by Crippen LogP contribution is 2.30. The molecule has 0 aliphatic carbocycles. The number of hydrogen-bond acceptors (Lipinski definition) is 8. The fraction of sp³-hybridized carbons (Fsp3) is 0.711. The van der Waals surface area contributed by atoms with Gasteiger partial charge in [-0.1, -0.05) is 71.4 Å². The molecule has 8 atom stereocenters. The maximum atomic E-state index is 14.1. The Bertz CT molecular complexity index is 1310. The molecule has 1 aliphatic rings. The maximum Gasteiger partial charge on any atom is 0.326 e. The summed E-state index contributed by atoms with van der Waals surface area (Å²) in [6.07, 6.45) is 0.809. The molecule has 4 N–H and O–H groups in total. The fourth-order valence-corrected chi connectivity index (χ4v) is 6.83. The van der Waals surface area contributed by atoms with Gasteiger partial charge in [-0.15, -0.1) is 0 Å². The molecule has 8 unspecified atom stereocenters. The highest BCUT2D eigenvalue weighted by Gasteiger charge is 2.43. The van der Waals surface area contributed by atoms with Crippen LogP contribution in [0, 0.1) is 17.8 Å². The predicted octanol–water partition coefficient (Wildman–Crippen LogP) is 2.86. The largest absolute Gasteiger partial charge is 0.480 e. The number of aliphatic carboxylic acids is 1. The first-order valence-electron chi connectivity index (χ1n) is 18.1. The minimum Gasteiger partial charge on any atom is -0.480 e. The van der Waals surface area contributed by atoms with E-state index in [0.717, 1.165) is 5.56 Å². The van der Waals surface area contributed by atoms with E-state index in [1.54, 1.807) is 44.7 Å². The van der Waals surface area contributed by atoms with Crippen LogP contribution in [-0.2, 0) is 39.9 Å². The summed E-state index contributed by atoms with van der Waals surface area (Å²) in [5, 5.41) is 18.4. The number of nitrogens with zero attached hydrogens (tertiary/aromatic N) is 2. The molecule has 1 aliphatic heterocycles. The minimum absolute atomic E-state index is 0.0136.